The molecule has 0 saturated heterocycles. The average molecular weight is 426 g/mol. The molecule has 1 N–H and O–H groups in total. The van der Waals surface area contributed by atoms with E-state index < -0.39 is 10.0 Å². The van der Waals surface area contributed by atoms with Crippen molar-refractivity contribution in [2.24, 2.45) is 0 Å². The molecule has 1 aromatic heterocycles. The predicted octanol–water partition coefficient (Wildman–Crippen LogP) is 4.65. The molecule has 8 heteroatoms. The number of fused-ring (bicyclic) bond motifs is 1. The molecule has 0 saturated carbocycles. The summed E-state index contributed by atoms with van der Waals surface area (Å²) in [5.41, 5.74) is 2.81. The van der Waals surface area contributed by atoms with Crippen LogP contribution in [0.3, 0.4) is 0 Å². The maximum absolute atomic E-state index is 12.1. The molecule has 0 atom stereocenters. The molecule has 4 aromatic rings. The molecular weight excluding hydrogens is 410 g/mol. The summed E-state index contributed by atoms with van der Waals surface area (Å²) < 4.78 is 32.3. The molecular formula is C21H16ClN3O3S. The van der Waals surface area contributed by atoms with Gasteiger partial charge in [0.1, 0.15) is 11.3 Å². The number of nitrogens with zero attached hydrogens (tertiary/aromatic N) is 2. The molecule has 0 bridgehead atoms. The fourth-order valence-corrected chi connectivity index (χ4v) is 3.85. The monoisotopic (exact) mass is 425 g/mol. The van der Waals surface area contributed by atoms with Crippen molar-refractivity contribution < 1.29 is 13.2 Å². The van der Waals surface area contributed by atoms with Gasteiger partial charge in [-0.25, -0.2) is 23.1 Å². The van der Waals surface area contributed by atoms with E-state index in [-0.39, 0.29) is 4.90 Å². The summed E-state index contributed by atoms with van der Waals surface area (Å²) in [6, 6.07) is 19.4. The number of ether oxygens (including phenoxy) is 1. The molecule has 4 rings (SSSR count). The maximum Gasteiger partial charge on any atom is 0.240 e. The third-order valence-corrected chi connectivity index (χ3v) is 6.02. The van der Waals surface area contributed by atoms with Gasteiger partial charge in [-0.2, -0.15) is 0 Å². The quantitative estimate of drug-likeness (QED) is 0.503. The van der Waals surface area contributed by atoms with Crippen molar-refractivity contribution in [1.82, 2.24) is 14.7 Å². The summed E-state index contributed by atoms with van der Waals surface area (Å²) in [6.45, 7) is 0. The number of halogens is 1. The predicted molar refractivity (Wildman–Crippen MR) is 113 cm³/mol. The van der Waals surface area contributed by atoms with Gasteiger partial charge in [-0.15, -0.1) is 0 Å². The normalized spacial score (nSPS) is 11.5. The number of nitrogens with one attached hydrogen (secondary N) is 1. The zero-order valence-electron chi connectivity index (χ0n) is 15.3. The van der Waals surface area contributed by atoms with Gasteiger partial charge in [0.15, 0.2) is 0 Å². The first kappa shape index (κ1) is 19.3. The number of aromatic nitrogens is 2. The molecule has 0 fully saturated rings. The van der Waals surface area contributed by atoms with Crippen LogP contribution < -0.4 is 9.46 Å². The number of benzene rings is 3. The van der Waals surface area contributed by atoms with Gasteiger partial charge in [-0.1, -0.05) is 41.9 Å². The summed E-state index contributed by atoms with van der Waals surface area (Å²) in [4.78, 5) is 8.94. The minimum Gasteiger partial charge on any atom is -0.437 e. The topological polar surface area (TPSA) is 81.2 Å². The van der Waals surface area contributed by atoms with Crippen LogP contribution in [0.15, 0.2) is 77.8 Å². The van der Waals surface area contributed by atoms with Crippen LogP contribution in [0, 0.1) is 0 Å². The number of hydrogen-bond donors (Lipinski definition) is 1. The maximum atomic E-state index is 12.1. The Morgan fingerprint density at radius 3 is 2.48 bits per heavy atom. The van der Waals surface area contributed by atoms with E-state index in [9.17, 15) is 8.42 Å². The van der Waals surface area contributed by atoms with Gasteiger partial charge in [-0.3, -0.25) is 0 Å². The van der Waals surface area contributed by atoms with E-state index in [1.54, 1.807) is 36.4 Å². The third kappa shape index (κ3) is 4.07. The molecule has 6 nitrogen and oxygen atoms in total. The largest absolute Gasteiger partial charge is 0.437 e. The van der Waals surface area contributed by atoms with Crippen LogP contribution in [-0.2, 0) is 10.0 Å². The molecule has 0 aliphatic rings. The van der Waals surface area contributed by atoms with Gasteiger partial charge in [0, 0.05) is 0 Å². The van der Waals surface area contributed by atoms with E-state index in [2.05, 4.69) is 14.7 Å². The van der Waals surface area contributed by atoms with Crippen molar-refractivity contribution in [2.45, 2.75) is 4.90 Å². The standard InChI is InChI=1S/C21H16ClN3O3S/c1-23-29(26,27)17-8-3-6-15(12-17)14-5-2-7-16(11-14)28-20-13-24-21-18(22)9-4-10-19(21)25-20/h2-13,23H,1H3. The van der Waals surface area contributed by atoms with Crippen LogP contribution in [0.2, 0.25) is 5.02 Å². The molecule has 3 aromatic carbocycles. The minimum absolute atomic E-state index is 0.195. The van der Waals surface area contributed by atoms with Crippen molar-refractivity contribution in [2.75, 3.05) is 7.05 Å². The molecule has 29 heavy (non-hydrogen) atoms. The lowest BCUT2D eigenvalue weighted by atomic mass is 10.1. The molecule has 0 spiro atoms. The van der Waals surface area contributed by atoms with E-state index >= 15 is 0 Å². The molecule has 0 unspecified atom stereocenters. The molecule has 1 heterocycles. The van der Waals surface area contributed by atoms with Gasteiger partial charge < -0.3 is 4.74 Å². The Labute approximate surface area is 173 Å². The molecule has 0 radical (unpaired) electrons. The fraction of sp³-hybridized carbons (Fsp3) is 0.0476. The highest BCUT2D eigenvalue weighted by molar-refractivity contribution is 7.89. The Bertz CT molecular complexity index is 1310. The van der Waals surface area contributed by atoms with Crippen LogP contribution in [-0.4, -0.2) is 25.4 Å². The van der Waals surface area contributed by atoms with Crippen molar-refractivity contribution >= 4 is 32.7 Å². The van der Waals surface area contributed by atoms with Crippen molar-refractivity contribution in [1.29, 1.82) is 0 Å². The second-order valence-electron chi connectivity index (χ2n) is 6.18. The van der Waals surface area contributed by atoms with Gasteiger partial charge in [-0.05, 0) is 54.6 Å². The Morgan fingerprint density at radius 1 is 0.966 bits per heavy atom. The third-order valence-electron chi connectivity index (χ3n) is 4.30. The first-order valence-electron chi connectivity index (χ1n) is 8.69. The highest BCUT2D eigenvalue weighted by atomic mass is 35.5. The Balaban J connectivity index is 1.66. The van der Waals surface area contributed by atoms with E-state index in [4.69, 9.17) is 16.3 Å². The van der Waals surface area contributed by atoms with Gasteiger partial charge in [0.2, 0.25) is 15.9 Å². The zero-order valence-corrected chi connectivity index (χ0v) is 16.9. The van der Waals surface area contributed by atoms with Crippen LogP contribution in [0.5, 0.6) is 11.6 Å². The lowest BCUT2D eigenvalue weighted by molar-refractivity contribution is 0.463. The zero-order chi connectivity index (χ0) is 20.4. The number of rotatable bonds is 5. The lowest BCUT2D eigenvalue weighted by Crippen LogP contribution is -2.18. The van der Waals surface area contributed by atoms with Crippen LogP contribution in [0.4, 0.5) is 0 Å². The number of para-hydroxylation sites is 1. The van der Waals surface area contributed by atoms with Crippen molar-refractivity contribution in [3.8, 4) is 22.8 Å². The van der Waals surface area contributed by atoms with Gasteiger partial charge in [0.05, 0.1) is 21.6 Å². The first-order chi connectivity index (χ1) is 14.0. The Hall–Kier alpha value is -3.00. The summed E-state index contributed by atoms with van der Waals surface area (Å²) in [7, 11) is -2.14. The molecule has 0 aliphatic heterocycles. The van der Waals surface area contributed by atoms with Crippen molar-refractivity contribution in [3.05, 3.63) is 77.9 Å². The highest BCUT2D eigenvalue weighted by Gasteiger charge is 2.12. The van der Waals surface area contributed by atoms with Crippen LogP contribution in [0.25, 0.3) is 22.2 Å². The van der Waals surface area contributed by atoms with Crippen LogP contribution >= 0.6 is 11.6 Å². The summed E-state index contributed by atoms with van der Waals surface area (Å²) in [5, 5.41) is 0.528. The number of sulfonamides is 1. The van der Waals surface area contributed by atoms with Crippen LogP contribution in [0.1, 0.15) is 0 Å². The second-order valence-corrected chi connectivity index (χ2v) is 8.47. The first-order valence-corrected chi connectivity index (χ1v) is 10.6. The average Bonchev–Trinajstić information content (AvgIpc) is 2.74. The second kappa shape index (κ2) is 7.79. The summed E-state index contributed by atoms with van der Waals surface area (Å²) >= 11 is 6.12. The van der Waals surface area contributed by atoms with E-state index in [1.807, 2.05) is 30.3 Å². The minimum atomic E-state index is -3.52. The lowest BCUT2D eigenvalue weighted by Gasteiger charge is -2.09. The molecule has 146 valence electrons. The van der Waals surface area contributed by atoms with Gasteiger partial charge >= 0.3 is 0 Å². The fourth-order valence-electron chi connectivity index (χ4n) is 2.86. The number of hydrogen-bond acceptors (Lipinski definition) is 5. The van der Waals surface area contributed by atoms with E-state index in [1.165, 1.54) is 13.2 Å². The Kier molecular flexibility index (Phi) is 5.19. The smallest absolute Gasteiger partial charge is 0.240 e. The van der Waals surface area contributed by atoms with E-state index in [0.29, 0.717) is 27.7 Å². The molecule has 0 aliphatic carbocycles. The summed E-state index contributed by atoms with van der Waals surface area (Å²) in [5.74, 6) is 0.892. The summed E-state index contributed by atoms with van der Waals surface area (Å²) in [6.07, 6.45) is 1.51. The van der Waals surface area contributed by atoms with Crippen molar-refractivity contribution in [3.63, 3.8) is 0 Å². The van der Waals surface area contributed by atoms with E-state index in [0.717, 1.165) is 11.1 Å². The molecule has 0 amide bonds. The Morgan fingerprint density at radius 2 is 1.69 bits per heavy atom. The SMILES string of the molecule is CNS(=O)(=O)c1cccc(-c2cccc(Oc3cnc4c(Cl)cccc4n3)c2)c1. The van der Waals surface area contributed by atoms with Gasteiger partial charge in [0.25, 0.3) is 0 Å². The highest BCUT2D eigenvalue weighted by Crippen LogP contribution is 2.29.